The van der Waals surface area contributed by atoms with Gasteiger partial charge in [-0.1, -0.05) is 0 Å². The van der Waals surface area contributed by atoms with Crippen LogP contribution in [-0.4, -0.2) is 36.3 Å². The Kier molecular flexibility index (Phi) is 3.48. The molecule has 0 unspecified atom stereocenters. The average molecular weight is 325 g/mol. The predicted octanol–water partition coefficient (Wildman–Crippen LogP) is 1.73. The highest BCUT2D eigenvalue weighted by Crippen LogP contribution is 2.30. The van der Waals surface area contributed by atoms with Gasteiger partial charge in [-0.25, -0.2) is 4.98 Å². The summed E-state index contributed by atoms with van der Waals surface area (Å²) >= 11 is 0. The number of hydrogen-bond donors (Lipinski definition) is 1. The average Bonchev–Trinajstić information content (AvgIpc) is 3.23. The number of aryl methyl sites for hydroxylation is 1. The molecule has 1 aliphatic heterocycles. The van der Waals surface area contributed by atoms with Crippen molar-refractivity contribution in [1.29, 1.82) is 0 Å². The summed E-state index contributed by atoms with van der Waals surface area (Å²) in [5.74, 6) is 0.505. The maximum absolute atomic E-state index is 13.0. The van der Waals surface area contributed by atoms with Crippen molar-refractivity contribution in [3.63, 3.8) is 0 Å². The van der Waals surface area contributed by atoms with Gasteiger partial charge in [0, 0.05) is 43.9 Å². The SMILES string of the molecule is Cn1cccc1C(=O)N1CCCC[C@@H]1c1cc(=O)n2ccnc2[nH]1. The minimum Gasteiger partial charge on any atom is -0.347 e. The molecule has 0 saturated carbocycles. The summed E-state index contributed by atoms with van der Waals surface area (Å²) in [7, 11) is 1.87. The standard InChI is InChI=1S/C17H19N5O2/c1-20-8-4-6-14(20)16(24)21-9-3-2-5-13(21)12-11-15(23)22-10-7-18-17(22)19-12/h4,6-8,10-11,13H,2-3,5,9H2,1H3,(H,18,19)/t13-/m1/s1. The number of amides is 1. The molecule has 4 rings (SSSR count). The van der Waals surface area contributed by atoms with Crippen LogP contribution in [0.3, 0.4) is 0 Å². The van der Waals surface area contributed by atoms with E-state index in [1.807, 2.05) is 34.8 Å². The Hall–Kier alpha value is -2.83. The quantitative estimate of drug-likeness (QED) is 0.779. The van der Waals surface area contributed by atoms with Gasteiger partial charge in [-0.15, -0.1) is 0 Å². The molecule has 1 aliphatic rings. The highest BCUT2D eigenvalue weighted by Gasteiger charge is 2.30. The second-order valence-electron chi connectivity index (χ2n) is 6.20. The van der Waals surface area contributed by atoms with Crippen LogP contribution in [0.5, 0.6) is 0 Å². The van der Waals surface area contributed by atoms with Crippen molar-refractivity contribution in [2.45, 2.75) is 25.3 Å². The zero-order valence-corrected chi connectivity index (χ0v) is 13.5. The van der Waals surface area contributed by atoms with Gasteiger partial charge in [0.25, 0.3) is 11.5 Å². The van der Waals surface area contributed by atoms with Crippen LogP contribution >= 0.6 is 0 Å². The van der Waals surface area contributed by atoms with E-state index in [0.717, 1.165) is 25.0 Å². The van der Waals surface area contributed by atoms with E-state index in [4.69, 9.17) is 0 Å². The summed E-state index contributed by atoms with van der Waals surface area (Å²) in [5.41, 5.74) is 1.28. The van der Waals surface area contributed by atoms with Crippen molar-refractivity contribution in [1.82, 2.24) is 23.8 Å². The topological polar surface area (TPSA) is 75.4 Å². The molecule has 124 valence electrons. The van der Waals surface area contributed by atoms with E-state index < -0.39 is 0 Å². The van der Waals surface area contributed by atoms with E-state index in [2.05, 4.69) is 9.97 Å². The van der Waals surface area contributed by atoms with Crippen molar-refractivity contribution in [2.24, 2.45) is 7.05 Å². The molecule has 0 bridgehead atoms. The van der Waals surface area contributed by atoms with E-state index in [9.17, 15) is 9.59 Å². The first-order valence-corrected chi connectivity index (χ1v) is 8.14. The fraction of sp³-hybridized carbons (Fsp3) is 0.353. The van der Waals surface area contributed by atoms with Crippen LogP contribution in [0, 0.1) is 0 Å². The fourth-order valence-corrected chi connectivity index (χ4v) is 3.45. The second-order valence-corrected chi connectivity index (χ2v) is 6.20. The Labute approximate surface area is 138 Å². The molecule has 0 aliphatic carbocycles. The van der Waals surface area contributed by atoms with Gasteiger partial charge in [0.1, 0.15) is 5.69 Å². The second kappa shape index (κ2) is 5.67. The first kappa shape index (κ1) is 14.7. The van der Waals surface area contributed by atoms with Crippen molar-refractivity contribution in [3.05, 3.63) is 58.5 Å². The number of piperidine rings is 1. The first-order chi connectivity index (χ1) is 11.6. The van der Waals surface area contributed by atoms with Crippen LogP contribution in [0.2, 0.25) is 0 Å². The van der Waals surface area contributed by atoms with E-state index in [-0.39, 0.29) is 17.5 Å². The minimum absolute atomic E-state index is 0.00346. The number of rotatable bonds is 2. The molecular weight excluding hydrogens is 306 g/mol. The molecule has 24 heavy (non-hydrogen) atoms. The third kappa shape index (κ3) is 2.33. The lowest BCUT2D eigenvalue weighted by Crippen LogP contribution is -2.40. The number of fused-ring (bicyclic) bond motifs is 1. The number of hydrogen-bond acceptors (Lipinski definition) is 3. The van der Waals surface area contributed by atoms with Gasteiger partial charge in [0.05, 0.1) is 6.04 Å². The van der Waals surface area contributed by atoms with E-state index in [0.29, 0.717) is 18.0 Å². The molecule has 1 atom stereocenters. The number of nitrogens with one attached hydrogen (secondary N) is 1. The maximum atomic E-state index is 13.0. The third-order valence-electron chi connectivity index (χ3n) is 4.70. The number of likely N-dealkylation sites (tertiary alicyclic amines) is 1. The highest BCUT2D eigenvalue weighted by molar-refractivity contribution is 5.93. The van der Waals surface area contributed by atoms with Crippen LogP contribution in [-0.2, 0) is 7.05 Å². The van der Waals surface area contributed by atoms with Gasteiger partial charge in [-0.2, -0.15) is 0 Å². The molecule has 3 aromatic heterocycles. The van der Waals surface area contributed by atoms with E-state index in [1.54, 1.807) is 18.5 Å². The van der Waals surface area contributed by atoms with Crippen molar-refractivity contribution in [2.75, 3.05) is 6.54 Å². The normalized spacial score (nSPS) is 18.2. The summed E-state index contributed by atoms with van der Waals surface area (Å²) in [4.78, 5) is 34.5. The van der Waals surface area contributed by atoms with Crippen LogP contribution < -0.4 is 5.56 Å². The molecule has 3 aromatic rings. The van der Waals surface area contributed by atoms with Gasteiger partial charge in [-0.3, -0.25) is 14.0 Å². The monoisotopic (exact) mass is 325 g/mol. The molecule has 0 spiro atoms. The summed E-state index contributed by atoms with van der Waals surface area (Å²) in [6.07, 6.45) is 7.93. The van der Waals surface area contributed by atoms with Crippen LogP contribution in [0.1, 0.15) is 41.5 Å². The summed E-state index contributed by atoms with van der Waals surface area (Å²) in [6.45, 7) is 0.691. The maximum Gasteiger partial charge on any atom is 0.271 e. The number of nitrogens with zero attached hydrogens (tertiary/aromatic N) is 4. The Morgan fingerprint density at radius 2 is 2.21 bits per heavy atom. The van der Waals surface area contributed by atoms with Gasteiger partial charge in [-0.05, 0) is 31.4 Å². The molecule has 1 amide bonds. The smallest absolute Gasteiger partial charge is 0.271 e. The van der Waals surface area contributed by atoms with Crippen molar-refractivity contribution in [3.8, 4) is 0 Å². The van der Waals surface area contributed by atoms with Gasteiger partial charge in [0.2, 0.25) is 5.78 Å². The Balaban J connectivity index is 1.74. The largest absolute Gasteiger partial charge is 0.347 e. The molecule has 1 fully saturated rings. The number of carbonyl (C=O) groups is 1. The lowest BCUT2D eigenvalue weighted by molar-refractivity contribution is 0.0596. The number of aromatic amines is 1. The molecule has 1 N–H and O–H groups in total. The summed E-state index contributed by atoms with van der Waals surface area (Å²) < 4.78 is 3.30. The molecule has 0 aromatic carbocycles. The molecular formula is C17H19N5O2. The van der Waals surface area contributed by atoms with Crippen molar-refractivity contribution >= 4 is 11.7 Å². The predicted molar refractivity (Wildman–Crippen MR) is 88.9 cm³/mol. The zero-order valence-electron chi connectivity index (χ0n) is 13.5. The Bertz CT molecular complexity index is 951. The van der Waals surface area contributed by atoms with Crippen LogP contribution in [0.4, 0.5) is 0 Å². The van der Waals surface area contributed by atoms with Crippen LogP contribution in [0.25, 0.3) is 5.78 Å². The lowest BCUT2D eigenvalue weighted by atomic mass is 9.98. The molecule has 0 radical (unpaired) electrons. The molecule has 7 nitrogen and oxygen atoms in total. The molecule has 1 saturated heterocycles. The highest BCUT2D eigenvalue weighted by atomic mass is 16.2. The summed E-state index contributed by atoms with van der Waals surface area (Å²) in [6, 6.07) is 5.14. The Morgan fingerprint density at radius 3 is 3.00 bits per heavy atom. The number of carbonyl (C=O) groups excluding carboxylic acids is 1. The summed E-state index contributed by atoms with van der Waals surface area (Å²) in [5, 5.41) is 0. The minimum atomic E-state index is -0.131. The van der Waals surface area contributed by atoms with E-state index >= 15 is 0 Å². The fourth-order valence-electron chi connectivity index (χ4n) is 3.45. The number of imidazole rings is 1. The number of H-pyrrole nitrogens is 1. The van der Waals surface area contributed by atoms with Gasteiger partial charge in [0.15, 0.2) is 0 Å². The molecule has 4 heterocycles. The van der Waals surface area contributed by atoms with Crippen molar-refractivity contribution < 1.29 is 4.79 Å². The van der Waals surface area contributed by atoms with Gasteiger partial charge >= 0.3 is 0 Å². The number of aromatic nitrogens is 4. The van der Waals surface area contributed by atoms with Gasteiger partial charge < -0.3 is 14.5 Å². The van der Waals surface area contributed by atoms with E-state index in [1.165, 1.54) is 4.40 Å². The molecule has 7 heteroatoms. The zero-order chi connectivity index (χ0) is 16.7. The Morgan fingerprint density at radius 1 is 1.33 bits per heavy atom. The third-order valence-corrected chi connectivity index (χ3v) is 4.70. The first-order valence-electron chi connectivity index (χ1n) is 8.14. The lowest BCUT2D eigenvalue weighted by Gasteiger charge is -2.35. The van der Waals surface area contributed by atoms with Crippen LogP contribution in [0.15, 0.2) is 41.6 Å².